The third-order valence-corrected chi connectivity index (χ3v) is 5.63. The number of carbonyl (C=O) groups excluding carboxylic acids is 2. The first-order valence-electron chi connectivity index (χ1n) is 10.2. The Labute approximate surface area is 177 Å². The summed E-state index contributed by atoms with van der Waals surface area (Å²) in [6.07, 6.45) is 1.18. The Balaban J connectivity index is 2.00. The molecule has 2 amide bonds. The molecule has 8 nitrogen and oxygen atoms in total. The van der Waals surface area contributed by atoms with E-state index in [4.69, 9.17) is 14.2 Å². The second kappa shape index (κ2) is 9.38. The van der Waals surface area contributed by atoms with E-state index in [0.717, 1.165) is 13.1 Å². The van der Waals surface area contributed by atoms with Gasteiger partial charge in [0.2, 0.25) is 0 Å². The van der Waals surface area contributed by atoms with E-state index in [1.807, 2.05) is 6.07 Å². The number of hydrogen-bond acceptors (Lipinski definition) is 6. The molecule has 1 aromatic rings. The molecule has 0 radical (unpaired) electrons. The van der Waals surface area contributed by atoms with E-state index in [0.29, 0.717) is 46.7 Å². The van der Waals surface area contributed by atoms with Gasteiger partial charge in [0.1, 0.15) is 0 Å². The van der Waals surface area contributed by atoms with Crippen LogP contribution in [0.15, 0.2) is 29.5 Å². The van der Waals surface area contributed by atoms with E-state index in [2.05, 4.69) is 29.4 Å². The van der Waals surface area contributed by atoms with Crippen LogP contribution in [-0.4, -0.2) is 57.9 Å². The Morgan fingerprint density at radius 3 is 2.37 bits per heavy atom. The van der Waals surface area contributed by atoms with Gasteiger partial charge in [0.05, 0.1) is 32.9 Å². The van der Waals surface area contributed by atoms with Gasteiger partial charge in [-0.3, -0.25) is 4.90 Å². The smallest absolute Gasteiger partial charge is 0.338 e. The van der Waals surface area contributed by atoms with Crippen LogP contribution in [0.5, 0.6) is 11.5 Å². The van der Waals surface area contributed by atoms with Gasteiger partial charge in [-0.2, -0.15) is 0 Å². The summed E-state index contributed by atoms with van der Waals surface area (Å²) in [5.74, 6) is 1.74. The minimum absolute atomic E-state index is 0.351. The molecule has 2 heterocycles. The molecule has 0 aliphatic carbocycles. The highest BCUT2D eigenvalue weighted by Crippen LogP contribution is 2.35. The SMILES string of the molecule is COC(=O)C1=C(CN2C[C@H](C)C[C@H](C)C2)NC(=O)N[C@@H]1c1ccc(OC)c(OC)c1. The van der Waals surface area contributed by atoms with Crippen LogP contribution in [0.1, 0.15) is 31.9 Å². The summed E-state index contributed by atoms with van der Waals surface area (Å²) in [6.45, 7) is 6.78. The minimum Gasteiger partial charge on any atom is -0.493 e. The highest BCUT2D eigenvalue weighted by Gasteiger charge is 2.35. The van der Waals surface area contributed by atoms with Crippen LogP contribution in [0.2, 0.25) is 0 Å². The molecular formula is C22H31N3O5. The first-order valence-corrected chi connectivity index (χ1v) is 10.2. The average molecular weight is 418 g/mol. The molecule has 2 aliphatic rings. The fourth-order valence-corrected chi connectivity index (χ4v) is 4.52. The molecule has 3 rings (SSSR count). The summed E-state index contributed by atoms with van der Waals surface area (Å²) in [4.78, 5) is 27.5. The number of urea groups is 1. The minimum atomic E-state index is -0.652. The van der Waals surface area contributed by atoms with Gasteiger partial charge in [-0.1, -0.05) is 19.9 Å². The number of ether oxygens (including phenoxy) is 3. The van der Waals surface area contributed by atoms with Crippen LogP contribution in [0.25, 0.3) is 0 Å². The van der Waals surface area contributed by atoms with Crippen molar-refractivity contribution in [2.75, 3.05) is 41.0 Å². The summed E-state index contributed by atoms with van der Waals surface area (Å²) in [7, 11) is 4.45. The molecule has 0 spiro atoms. The Morgan fingerprint density at radius 2 is 1.77 bits per heavy atom. The van der Waals surface area contributed by atoms with Crippen LogP contribution in [0.3, 0.4) is 0 Å². The Hall–Kier alpha value is -2.74. The van der Waals surface area contributed by atoms with Gasteiger partial charge in [-0.15, -0.1) is 0 Å². The molecule has 3 atom stereocenters. The lowest BCUT2D eigenvalue weighted by Crippen LogP contribution is -2.50. The molecule has 0 unspecified atom stereocenters. The number of amides is 2. The van der Waals surface area contributed by atoms with Gasteiger partial charge in [0, 0.05) is 25.3 Å². The average Bonchev–Trinajstić information content (AvgIpc) is 2.71. The lowest BCUT2D eigenvalue weighted by Gasteiger charge is -2.37. The van der Waals surface area contributed by atoms with E-state index in [-0.39, 0.29) is 6.03 Å². The largest absolute Gasteiger partial charge is 0.493 e. The van der Waals surface area contributed by atoms with Gasteiger partial charge < -0.3 is 24.8 Å². The van der Waals surface area contributed by atoms with E-state index in [1.54, 1.807) is 26.4 Å². The van der Waals surface area contributed by atoms with E-state index >= 15 is 0 Å². The van der Waals surface area contributed by atoms with Gasteiger partial charge >= 0.3 is 12.0 Å². The van der Waals surface area contributed by atoms with E-state index in [9.17, 15) is 9.59 Å². The van der Waals surface area contributed by atoms with Crippen LogP contribution >= 0.6 is 0 Å². The molecular weight excluding hydrogens is 386 g/mol. The monoisotopic (exact) mass is 417 g/mol. The standard InChI is InChI=1S/C22H31N3O5/c1-13-8-14(2)11-25(10-13)12-16-19(21(26)30-5)20(24-22(27)23-16)15-6-7-17(28-3)18(9-15)29-4/h6-7,9,13-14,20H,8,10-12H2,1-5H3,(H2,23,24,27)/t13-,14+,20-/m1/s1. The lowest BCUT2D eigenvalue weighted by atomic mass is 9.91. The topological polar surface area (TPSA) is 89.1 Å². The molecule has 1 saturated heterocycles. The number of methoxy groups -OCH3 is 3. The zero-order valence-electron chi connectivity index (χ0n) is 18.3. The molecule has 1 aromatic carbocycles. The zero-order valence-corrected chi connectivity index (χ0v) is 18.3. The van der Waals surface area contributed by atoms with Crippen molar-refractivity contribution in [3.05, 3.63) is 35.0 Å². The Morgan fingerprint density at radius 1 is 1.10 bits per heavy atom. The maximum absolute atomic E-state index is 12.8. The fourth-order valence-electron chi connectivity index (χ4n) is 4.52. The maximum atomic E-state index is 12.8. The van der Waals surface area contributed by atoms with Crippen LogP contribution < -0.4 is 20.1 Å². The third-order valence-electron chi connectivity index (χ3n) is 5.63. The fraction of sp³-hybridized carbons (Fsp3) is 0.545. The molecule has 2 aliphatic heterocycles. The quantitative estimate of drug-likeness (QED) is 0.692. The Bertz CT molecular complexity index is 828. The lowest BCUT2D eigenvalue weighted by molar-refractivity contribution is -0.136. The number of likely N-dealkylation sites (tertiary alicyclic amines) is 1. The summed E-state index contributed by atoms with van der Waals surface area (Å²) in [5, 5.41) is 5.69. The van der Waals surface area contributed by atoms with Gasteiger partial charge in [0.25, 0.3) is 0 Å². The molecule has 8 heteroatoms. The van der Waals surface area contributed by atoms with Crippen molar-refractivity contribution >= 4 is 12.0 Å². The van der Waals surface area contributed by atoms with Crippen LogP contribution in [-0.2, 0) is 9.53 Å². The van der Waals surface area contributed by atoms with Gasteiger partial charge in [-0.25, -0.2) is 9.59 Å². The first kappa shape index (κ1) is 22.0. The van der Waals surface area contributed by atoms with Crippen molar-refractivity contribution in [2.24, 2.45) is 11.8 Å². The molecule has 0 bridgehead atoms. The van der Waals surface area contributed by atoms with Gasteiger partial charge in [0.15, 0.2) is 11.5 Å². The zero-order chi connectivity index (χ0) is 21.8. The van der Waals surface area contributed by atoms with Gasteiger partial charge in [-0.05, 0) is 36.0 Å². The number of rotatable bonds is 6. The predicted octanol–water partition coefficient (Wildman–Crippen LogP) is 2.46. The number of nitrogens with zero attached hydrogens (tertiary/aromatic N) is 1. The van der Waals surface area contributed by atoms with Crippen molar-refractivity contribution in [3.63, 3.8) is 0 Å². The van der Waals surface area contributed by atoms with E-state index in [1.165, 1.54) is 13.5 Å². The number of piperidine rings is 1. The summed E-state index contributed by atoms with van der Waals surface area (Å²) < 4.78 is 15.8. The molecule has 30 heavy (non-hydrogen) atoms. The van der Waals surface area contributed by atoms with Crippen molar-refractivity contribution in [1.29, 1.82) is 0 Å². The van der Waals surface area contributed by atoms with Crippen molar-refractivity contribution in [2.45, 2.75) is 26.3 Å². The highest BCUT2D eigenvalue weighted by atomic mass is 16.5. The normalized spacial score (nSPS) is 24.7. The number of benzene rings is 1. The molecule has 0 aromatic heterocycles. The number of nitrogens with one attached hydrogen (secondary N) is 2. The number of esters is 1. The second-order valence-corrected chi connectivity index (χ2v) is 8.17. The third kappa shape index (κ3) is 4.70. The molecule has 2 N–H and O–H groups in total. The Kier molecular flexibility index (Phi) is 6.87. The summed E-state index contributed by atoms with van der Waals surface area (Å²) in [6, 6.07) is 4.32. The number of carbonyl (C=O) groups is 2. The van der Waals surface area contributed by atoms with Crippen LogP contribution in [0, 0.1) is 11.8 Å². The molecule has 0 saturated carbocycles. The van der Waals surface area contributed by atoms with Crippen molar-refractivity contribution < 1.29 is 23.8 Å². The van der Waals surface area contributed by atoms with Crippen molar-refractivity contribution in [1.82, 2.24) is 15.5 Å². The maximum Gasteiger partial charge on any atom is 0.338 e. The summed E-state index contributed by atoms with van der Waals surface area (Å²) in [5.41, 5.74) is 1.68. The predicted molar refractivity (Wildman–Crippen MR) is 112 cm³/mol. The summed E-state index contributed by atoms with van der Waals surface area (Å²) >= 11 is 0. The molecule has 1 fully saturated rings. The first-order chi connectivity index (χ1) is 14.4. The van der Waals surface area contributed by atoms with Crippen LogP contribution in [0.4, 0.5) is 4.79 Å². The van der Waals surface area contributed by atoms with Crippen molar-refractivity contribution in [3.8, 4) is 11.5 Å². The molecule has 164 valence electrons. The second-order valence-electron chi connectivity index (χ2n) is 8.17. The number of hydrogen-bond donors (Lipinski definition) is 2. The van der Waals surface area contributed by atoms with E-state index < -0.39 is 12.0 Å². The highest BCUT2D eigenvalue weighted by molar-refractivity contribution is 5.95.